The number of carbonyl (C=O) groups excluding carboxylic acids is 1. The molecule has 0 radical (unpaired) electrons. The maximum atomic E-state index is 12.1. The number of rotatable bonds is 10. The van der Waals surface area contributed by atoms with Crippen molar-refractivity contribution in [3.05, 3.63) is 144 Å². The van der Waals surface area contributed by atoms with Gasteiger partial charge in [0, 0.05) is 87.6 Å². The number of hydrogen-bond acceptors (Lipinski definition) is 9. The third-order valence-electron chi connectivity index (χ3n) is 10.1. The highest BCUT2D eigenvalue weighted by atomic mass is 16.5. The van der Waals surface area contributed by atoms with E-state index in [4.69, 9.17) is 24.4 Å². The molecule has 55 heavy (non-hydrogen) atoms. The van der Waals surface area contributed by atoms with E-state index in [1.807, 2.05) is 41.1 Å². The molecule has 1 N–H and O–H groups in total. The average Bonchev–Trinajstić information content (AvgIpc) is 3.87. The maximum absolute atomic E-state index is 12.1. The van der Waals surface area contributed by atoms with Crippen LogP contribution in [-0.4, -0.2) is 80.1 Å². The van der Waals surface area contributed by atoms with Crippen molar-refractivity contribution in [3.8, 4) is 22.3 Å². The quantitative estimate of drug-likeness (QED) is 0.143. The Balaban J connectivity index is 0.000000169. The average molecular weight is 741 g/mol. The van der Waals surface area contributed by atoms with E-state index >= 15 is 0 Å². The van der Waals surface area contributed by atoms with Crippen LogP contribution in [-0.2, 0) is 27.1 Å². The number of pyridine rings is 2. The first-order valence-electron chi connectivity index (χ1n) is 18.6. The summed E-state index contributed by atoms with van der Waals surface area (Å²) < 4.78 is 20.0. The van der Waals surface area contributed by atoms with Gasteiger partial charge in [-0.05, 0) is 60.1 Å². The van der Waals surface area contributed by atoms with Gasteiger partial charge in [0.1, 0.15) is 0 Å². The Labute approximate surface area is 319 Å². The Kier molecular flexibility index (Phi) is 12.2. The van der Waals surface area contributed by atoms with Gasteiger partial charge < -0.3 is 19.3 Å². The second-order valence-electron chi connectivity index (χ2n) is 13.6. The molecular weight excluding hydrogens is 697 g/mol. The molecule has 8 rings (SSSR count). The number of hydrogen-bond donors (Lipinski definition) is 1. The second-order valence-corrected chi connectivity index (χ2v) is 13.6. The third kappa shape index (κ3) is 9.05. The third-order valence-corrected chi connectivity index (χ3v) is 10.1. The van der Waals surface area contributed by atoms with Crippen LogP contribution >= 0.6 is 0 Å². The number of carbonyl (C=O) groups is 2. The fraction of sp³-hybridized carbons (Fsp3) is 0.302. The summed E-state index contributed by atoms with van der Waals surface area (Å²) in [6.45, 7) is 3.00. The molecule has 6 aromatic rings. The number of benzene rings is 2. The van der Waals surface area contributed by atoms with Crippen molar-refractivity contribution >= 4 is 11.9 Å². The highest BCUT2D eigenvalue weighted by Gasteiger charge is 2.23. The summed E-state index contributed by atoms with van der Waals surface area (Å²) in [7, 11) is 1.39. The summed E-state index contributed by atoms with van der Waals surface area (Å²) in [6, 6.07) is 24.2. The van der Waals surface area contributed by atoms with Gasteiger partial charge in [-0.15, -0.1) is 0 Å². The molecule has 6 heterocycles. The lowest BCUT2D eigenvalue weighted by atomic mass is 10.00. The highest BCUT2D eigenvalue weighted by Crippen LogP contribution is 2.31. The molecule has 2 fully saturated rings. The molecule has 0 atom stereocenters. The van der Waals surface area contributed by atoms with Crippen molar-refractivity contribution in [2.45, 2.75) is 50.6 Å². The SMILES string of the molecule is COC(=O)c1ccncc1Cc1nn(C2CCOCC2)cc1-c1ccccc1.O=C(O)c1ccncc1Cc1nn(C2CCOCC2)cc1-c1ccccc1. The van der Waals surface area contributed by atoms with Crippen LogP contribution in [0.2, 0.25) is 0 Å². The highest BCUT2D eigenvalue weighted by molar-refractivity contribution is 5.91. The molecule has 282 valence electrons. The zero-order chi connectivity index (χ0) is 38.0. The van der Waals surface area contributed by atoms with Gasteiger partial charge in [0.15, 0.2) is 0 Å². The van der Waals surface area contributed by atoms with E-state index < -0.39 is 5.97 Å². The van der Waals surface area contributed by atoms with Crippen molar-refractivity contribution in [1.82, 2.24) is 29.5 Å². The van der Waals surface area contributed by atoms with Gasteiger partial charge in [-0.25, -0.2) is 9.59 Å². The molecule has 4 aromatic heterocycles. The van der Waals surface area contributed by atoms with Crippen molar-refractivity contribution < 1.29 is 28.9 Å². The number of carboxylic acids is 1. The molecule has 0 spiro atoms. The zero-order valence-electron chi connectivity index (χ0n) is 30.8. The molecule has 0 unspecified atom stereocenters. The van der Waals surface area contributed by atoms with Crippen molar-refractivity contribution in [3.63, 3.8) is 0 Å². The number of aromatic carboxylic acids is 1. The normalized spacial score (nSPS) is 14.9. The number of aromatic nitrogens is 6. The molecule has 2 aromatic carbocycles. The molecule has 0 bridgehead atoms. The molecule has 2 aliphatic heterocycles. The minimum atomic E-state index is -0.947. The smallest absolute Gasteiger partial charge is 0.338 e. The Morgan fingerprint density at radius 2 is 1.11 bits per heavy atom. The summed E-state index contributed by atoms with van der Waals surface area (Å²) in [5.74, 6) is -1.31. The standard InChI is InChI=1S/C22H23N3O3.C21H21N3O3/c1-27-22(26)19-7-10-23-14-17(19)13-21-20(16-5-3-2-4-6-16)15-25(24-21)18-8-11-28-12-9-18;25-21(26)18-6-9-22-13-16(18)12-20-19(15-4-2-1-3-5-15)14-24(23-20)17-7-10-27-11-8-17/h2-7,10,14-15,18H,8-9,11-13H2,1H3;1-6,9,13-14,17H,7-8,10-12H2,(H,25,26). The zero-order valence-corrected chi connectivity index (χ0v) is 30.8. The van der Waals surface area contributed by atoms with E-state index in [-0.39, 0.29) is 11.5 Å². The number of ether oxygens (including phenoxy) is 3. The van der Waals surface area contributed by atoms with Gasteiger partial charge in [-0.2, -0.15) is 10.2 Å². The van der Waals surface area contributed by atoms with Crippen molar-refractivity contribution in [1.29, 1.82) is 0 Å². The van der Waals surface area contributed by atoms with Gasteiger partial charge in [0.25, 0.3) is 0 Å². The van der Waals surface area contributed by atoms with E-state index in [0.717, 1.165) is 91.3 Å². The van der Waals surface area contributed by atoms with Gasteiger partial charge in [0.05, 0.1) is 41.7 Å². The topological polar surface area (TPSA) is 143 Å². The summed E-state index contributed by atoms with van der Waals surface area (Å²) in [5.41, 5.74) is 8.35. The lowest BCUT2D eigenvalue weighted by Crippen LogP contribution is -2.20. The van der Waals surface area contributed by atoms with E-state index in [9.17, 15) is 14.7 Å². The maximum Gasteiger partial charge on any atom is 0.338 e. The Bertz CT molecular complexity index is 2190. The van der Waals surface area contributed by atoms with E-state index in [1.54, 1.807) is 24.7 Å². The molecule has 0 amide bonds. The first-order valence-corrected chi connectivity index (χ1v) is 18.6. The molecule has 2 aliphatic rings. The summed E-state index contributed by atoms with van der Waals surface area (Å²) in [4.78, 5) is 32.0. The Morgan fingerprint density at radius 3 is 1.55 bits per heavy atom. The number of esters is 1. The van der Waals surface area contributed by atoms with Crippen LogP contribution in [0.15, 0.2) is 110 Å². The minimum Gasteiger partial charge on any atom is -0.478 e. The van der Waals surface area contributed by atoms with Crippen LogP contribution in [0.1, 0.15) is 81.0 Å². The van der Waals surface area contributed by atoms with Crippen LogP contribution < -0.4 is 0 Å². The lowest BCUT2D eigenvalue weighted by Gasteiger charge is -2.22. The molecule has 0 saturated carbocycles. The van der Waals surface area contributed by atoms with Crippen LogP contribution in [0, 0.1) is 0 Å². The predicted molar refractivity (Wildman–Crippen MR) is 206 cm³/mol. The first-order chi connectivity index (χ1) is 27.0. The Hall–Kier alpha value is -5.98. The molecule has 12 heteroatoms. The van der Waals surface area contributed by atoms with Crippen LogP contribution in [0.5, 0.6) is 0 Å². The van der Waals surface area contributed by atoms with E-state index in [2.05, 4.69) is 51.3 Å². The van der Waals surface area contributed by atoms with E-state index in [1.165, 1.54) is 19.4 Å². The minimum absolute atomic E-state index is 0.268. The number of methoxy groups -OCH3 is 1. The van der Waals surface area contributed by atoms with Crippen molar-refractivity contribution in [2.24, 2.45) is 0 Å². The summed E-state index contributed by atoms with van der Waals surface area (Å²) >= 11 is 0. The fourth-order valence-electron chi connectivity index (χ4n) is 7.12. The Morgan fingerprint density at radius 1 is 0.673 bits per heavy atom. The van der Waals surface area contributed by atoms with Crippen LogP contribution in [0.25, 0.3) is 22.3 Å². The van der Waals surface area contributed by atoms with Crippen molar-refractivity contribution in [2.75, 3.05) is 33.5 Å². The van der Waals surface area contributed by atoms with E-state index in [0.29, 0.717) is 36.1 Å². The molecule has 12 nitrogen and oxygen atoms in total. The second kappa shape index (κ2) is 17.9. The number of carboxylic acid groups (broad SMARTS) is 1. The first kappa shape index (κ1) is 37.3. The summed E-state index contributed by atoms with van der Waals surface area (Å²) in [6.07, 6.45) is 15.4. The molecule has 2 saturated heterocycles. The molecular formula is C43H44N6O6. The van der Waals surface area contributed by atoms with Gasteiger partial charge in [-0.3, -0.25) is 19.3 Å². The van der Waals surface area contributed by atoms with Gasteiger partial charge >= 0.3 is 11.9 Å². The lowest BCUT2D eigenvalue weighted by molar-refractivity contribution is 0.0598. The number of nitrogens with zero attached hydrogens (tertiary/aromatic N) is 6. The largest absolute Gasteiger partial charge is 0.478 e. The van der Waals surface area contributed by atoms with Crippen LogP contribution in [0.4, 0.5) is 0 Å². The van der Waals surface area contributed by atoms with Gasteiger partial charge in [-0.1, -0.05) is 60.7 Å². The predicted octanol–water partition coefficient (Wildman–Crippen LogP) is 7.26. The fourth-order valence-corrected chi connectivity index (χ4v) is 7.12. The van der Waals surface area contributed by atoms with Crippen LogP contribution in [0.3, 0.4) is 0 Å². The van der Waals surface area contributed by atoms with Gasteiger partial charge in [0.2, 0.25) is 0 Å². The molecule has 0 aliphatic carbocycles. The monoisotopic (exact) mass is 740 g/mol. The summed E-state index contributed by atoms with van der Waals surface area (Å²) in [5, 5.41) is 19.2.